The summed E-state index contributed by atoms with van der Waals surface area (Å²) >= 11 is 0. The number of aromatic nitrogens is 1. The van der Waals surface area contributed by atoms with E-state index in [4.69, 9.17) is 9.26 Å². The molecule has 1 N–H and O–H groups in total. The highest BCUT2D eigenvalue weighted by Gasteiger charge is 2.18. The van der Waals surface area contributed by atoms with Crippen molar-refractivity contribution in [3.05, 3.63) is 41.9 Å². The Hall–Kier alpha value is -2.41. The fraction of sp³-hybridized carbons (Fsp3) is 0.474. The molecule has 1 fully saturated rings. The van der Waals surface area contributed by atoms with Gasteiger partial charge in [0.25, 0.3) is 11.8 Å². The molecule has 1 aliphatic carbocycles. The van der Waals surface area contributed by atoms with Crippen LogP contribution in [0.5, 0.6) is 5.88 Å². The number of anilines is 1. The fourth-order valence-electron chi connectivity index (χ4n) is 3.16. The van der Waals surface area contributed by atoms with Gasteiger partial charge in [-0.15, -0.1) is 0 Å². The van der Waals surface area contributed by atoms with Crippen LogP contribution in [0.1, 0.15) is 42.7 Å². The number of halogens is 1. The molecular formula is C19H24FN3O3. The molecule has 2 aromatic rings. The van der Waals surface area contributed by atoms with Crippen molar-refractivity contribution in [1.82, 2.24) is 10.1 Å². The average Bonchev–Trinajstić information content (AvgIpc) is 3.13. The Morgan fingerprint density at radius 1 is 1.31 bits per heavy atom. The van der Waals surface area contributed by atoms with Crippen LogP contribution in [0.25, 0.3) is 0 Å². The molecule has 1 saturated carbocycles. The van der Waals surface area contributed by atoms with Gasteiger partial charge in [0.1, 0.15) is 12.4 Å². The van der Waals surface area contributed by atoms with Crippen molar-refractivity contribution >= 4 is 11.6 Å². The van der Waals surface area contributed by atoms with Crippen LogP contribution >= 0.6 is 0 Å². The van der Waals surface area contributed by atoms with Gasteiger partial charge >= 0.3 is 0 Å². The van der Waals surface area contributed by atoms with Crippen molar-refractivity contribution in [1.29, 1.82) is 0 Å². The van der Waals surface area contributed by atoms with E-state index in [2.05, 4.69) is 22.4 Å². The number of likely N-dealkylation sites (N-methyl/N-ethyl adjacent to an activating group) is 1. The lowest BCUT2D eigenvalue weighted by Gasteiger charge is -2.30. The van der Waals surface area contributed by atoms with Crippen molar-refractivity contribution in [3.63, 3.8) is 0 Å². The molecule has 1 aromatic carbocycles. The smallest absolute Gasteiger partial charge is 0.294 e. The summed E-state index contributed by atoms with van der Waals surface area (Å²) < 4.78 is 23.5. The first-order valence-corrected chi connectivity index (χ1v) is 8.98. The first-order valence-electron chi connectivity index (χ1n) is 8.98. The zero-order valence-corrected chi connectivity index (χ0v) is 14.9. The summed E-state index contributed by atoms with van der Waals surface area (Å²) in [6.45, 7) is 1.28. The molecular weight excluding hydrogens is 337 g/mol. The van der Waals surface area contributed by atoms with Gasteiger partial charge in [-0.05, 0) is 49.3 Å². The second-order valence-electron chi connectivity index (χ2n) is 6.61. The Kier molecular flexibility index (Phi) is 6.22. The van der Waals surface area contributed by atoms with Gasteiger partial charge in [-0.2, -0.15) is 0 Å². The van der Waals surface area contributed by atoms with E-state index in [1.54, 1.807) is 0 Å². The second kappa shape index (κ2) is 8.80. The predicted octanol–water partition coefficient (Wildman–Crippen LogP) is 3.71. The van der Waals surface area contributed by atoms with E-state index in [9.17, 15) is 9.18 Å². The lowest BCUT2D eigenvalue weighted by atomic mass is 9.94. The van der Waals surface area contributed by atoms with Gasteiger partial charge in [0.15, 0.2) is 0 Å². The maximum Gasteiger partial charge on any atom is 0.294 e. The van der Waals surface area contributed by atoms with Crippen molar-refractivity contribution < 1.29 is 18.4 Å². The summed E-state index contributed by atoms with van der Waals surface area (Å²) in [7, 11) is 2.11. The van der Waals surface area contributed by atoms with Gasteiger partial charge in [-0.3, -0.25) is 4.79 Å². The molecule has 0 bridgehead atoms. The van der Waals surface area contributed by atoms with Crippen molar-refractivity contribution in [2.24, 2.45) is 0 Å². The van der Waals surface area contributed by atoms with Crippen LogP contribution in [0.4, 0.5) is 10.1 Å². The zero-order valence-electron chi connectivity index (χ0n) is 14.9. The van der Waals surface area contributed by atoms with E-state index in [-0.39, 0.29) is 17.5 Å². The SMILES string of the molecule is CN(CCOc1cc(C(=O)Nc2ccc(F)cc2)on1)C1CCCCC1. The summed E-state index contributed by atoms with van der Waals surface area (Å²) in [5.74, 6) is -0.494. The Balaban J connectivity index is 1.45. The summed E-state index contributed by atoms with van der Waals surface area (Å²) in [6.07, 6.45) is 6.42. The van der Waals surface area contributed by atoms with Crippen molar-refractivity contribution in [2.75, 3.05) is 25.5 Å². The number of rotatable bonds is 7. The number of carbonyl (C=O) groups is 1. The average molecular weight is 361 g/mol. The molecule has 1 amide bonds. The molecule has 140 valence electrons. The first-order chi connectivity index (χ1) is 12.6. The molecule has 1 aromatic heterocycles. The number of hydrogen-bond acceptors (Lipinski definition) is 5. The van der Waals surface area contributed by atoms with Gasteiger partial charge in [0.05, 0.1) is 6.07 Å². The topological polar surface area (TPSA) is 67.6 Å². The van der Waals surface area contributed by atoms with Gasteiger partial charge in [0.2, 0.25) is 5.76 Å². The third-order valence-electron chi connectivity index (χ3n) is 4.71. The lowest BCUT2D eigenvalue weighted by molar-refractivity contribution is 0.0987. The Bertz CT molecular complexity index is 711. The number of ether oxygens (including phenoxy) is 1. The third kappa shape index (κ3) is 5.05. The first kappa shape index (κ1) is 18.4. The van der Waals surface area contributed by atoms with E-state index in [1.165, 1.54) is 62.4 Å². The largest absolute Gasteiger partial charge is 0.474 e. The Morgan fingerprint density at radius 3 is 2.77 bits per heavy atom. The van der Waals surface area contributed by atoms with E-state index in [0.29, 0.717) is 18.3 Å². The van der Waals surface area contributed by atoms with Crippen molar-refractivity contribution in [2.45, 2.75) is 38.1 Å². The number of nitrogens with zero attached hydrogens (tertiary/aromatic N) is 2. The van der Waals surface area contributed by atoms with Gasteiger partial charge in [-0.25, -0.2) is 4.39 Å². The maximum absolute atomic E-state index is 12.9. The number of benzene rings is 1. The Morgan fingerprint density at radius 2 is 2.04 bits per heavy atom. The molecule has 0 spiro atoms. The number of nitrogens with one attached hydrogen (secondary N) is 1. The van der Waals surface area contributed by atoms with Crippen LogP contribution in [0.2, 0.25) is 0 Å². The molecule has 26 heavy (non-hydrogen) atoms. The normalized spacial score (nSPS) is 15.2. The van der Waals surface area contributed by atoms with E-state index >= 15 is 0 Å². The molecule has 1 heterocycles. The third-order valence-corrected chi connectivity index (χ3v) is 4.71. The number of carbonyl (C=O) groups excluding carboxylic acids is 1. The summed E-state index contributed by atoms with van der Waals surface area (Å²) in [5, 5.41) is 6.38. The van der Waals surface area contributed by atoms with E-state index in [0.717, 1.165) is 6.54 Å². The van der Waals surface area contributed by atoms with Crippen LogP contribution in [0.15, 0.2) is 34.9 Å². The summed E-state index contributed by atoms with van der Waals surface area (Å²) in [4.78, 5) is 14.4. The van der Waals surface area contributed by atoms with Crippen LogP contribution in [0.3, 0.4) is 0 Å². The molecule has 0 atom stereocenters. The van der Waals surface area contributed by atoms with Crippen LogP contribution < -0.4 is 10.1 Å². The number of hydrogen-bond donors (Lipinski definition) is 1. The predicted molar refractivity (Wildman–Crippen MR) is 95.9 cm³/mol. The minimum Gasteiger partial charge on any atom is -0.474 e. The summed E-state index contributed by atoms with van der Waals surface area (Å²) in [6, 6.07) is 7.58. The minimum absolute atomic E-state index is 0.0463. The molecule has 6 nitrogen and oxygen atoms in total. The van der Waals surface area contributed by atoms with E-state index < -0.39 is 5.91 Å². The molecule has 0 unspecified atom stereocenters. The fourth-order valence-corrected chi connectivity index (χ4v) is 3.16. The van der Waals surface area contributed by atoms with Crippen LogP contribution in [-0.2, 0) is 0 Å². The van der Waals surface area contributed by atoms with E-state index in [1.807, 2.05) is 0 Å². The molecule has 0 aliphatic heterocycles. The van der Waals surface area contributed by atoms with Crippen LogP contribution in [0, 0.1) is 5.82 Å². The van der Waals surface area contributed by atoms with Crippen molar-refractivity contribution in [3.8, 4) is 5.88 Å². The highest BCUT2D eigenvalue weighted by Crippen LogP contribution is 2.21. The Labute approximate surface area is 152 Å². The molecule has 0 radical (unpaired) electrons. The van der Waals surface area contributed by atoms with Gasteiger partial charge in [0, 0.05) is 18.3 Å². The van der Waals surface area contributed by atoms with Gasteiger partial charge < -0.3 is 19.5 Å². The van der Waals surface area contributed by atoms with Gasteiger partial charge in [-0.1, -0.05) is 19.3 Å². The molecule has 7 heteroatoms. The minimum atomic E-state index is -0.460. The standard InChI is InChI=1S/C19H24FN3O3/c1-23(16-5-3-2-4-6-16)11-12-25-18-13-17(26-22-18)19(24)21-15-9-7-14(20)8-10-15/h7-10,13,16H,2-6,11-12H2,1H3,(H,21,24). The monoisotopic (exact) mass is 361 g/mol. The van der Waals surface area contributed by atoms with Crippen LogP contribution in [-0.4, -0.2) is 42.2 Å². The molecule has 0 saturated heterocycles. The highest BCUT2D eigenvalue weighted by molar-refractivity contribution is 6.02. The molecule has 3 rings (SSSR count). The lowest BCUT2D eigenvalue weighted by Crippen LogP contribution is -2.36. The maximum atomic E-state index is 12.9. The zero-order chi connectivity index (χ0) is 18.4. The quantitative estimate of drug-likeness (QED) is 0.814. The summed E-state index contributed by atoms with van der Waals surface area (Å²) in [5.41, 5.74) is 0.476. The number of amides is 1. The highest BCUT2D eigenvalue weighted by atomic mass is 19.1. The second-order valence-corrected chi connectivity index (χ2v) is 6.61. The molecule has 1 aliphatic rings.